The Bertz CT molecular complexity index is 665. The number of aliphatic hydroxyl groups is 1. The predicted octanol–water partition coefficient (Wildman–Crippen LogP) is -1.71. The molecule has 23 heavy (non-hydrogen) atoms. The van der Waals surface area contributed by atoms with E-state index in [0.29, 0.717) is 13.0 Å². The van der Waals surface area contributed by atoms with E-state index in [4.69, 9.17) is 19.9 Å². The predicted molar refractivity (Wildman–Crippen MR) is 78.8 cm³/mol. The van der Waals surface area contributed by atoms with Gasteiger partial charge in [-0.15, -0.1) is 0 Å². The summed E-state index contributed by atoms with van der Waals surface area (Å²) in [4.78, 5) is 23.8. The highest BCUT2D eigenvalue weighted by Gasteiger charge is 2.46. The topological polar surface area (TPSA) is 118 Å². The molecular formula is C14H21N3O6. The van der Waals surface area contributed by atoms with E-state index in [-0.39, 0.29) is 6.54 Å². The number of nitrogens with zero attached hydrogens (tertiary/aromatic N) is 2. The summed E-state index contributed by atoms with van der Waals surface area (Å²) in [6.07, 6.45) is -0.838. The summed E-state index contributed by atoms with van der Waals surface area (Å²) in [7, 11) is 1.38. The summed E-state index contributed by atoms with van der Waals surface area (Å²) >= 11 is 0. The van der Waals surface area contributed by atoms with Crippen LogP contribution in [-0.2, 0) is 21.3 Å². The summed E-state index contributed by atoms with van der Waals surface area (Å²) in [5.41, 5.74) is 4.65. The highest BCUT2D eigenvalue weighted by atomic mass is 16.7. The quantitative estimate of drug-likeness (QED) is 0.676. The molecule has 3 heterocycles. The zero-order valence-corrected chi connectivity index (χ0v) is 12.8. The summed E-state index contributed by atoms with van der Waals surface area (Å²) in [5.74, 6) is 0. The van der Waals surface area contributed by atoms with Crippen molar-refractivity contribution in [3.8, 4) is 0 Å². The number of nitrogens with two attached hydrogens (primary N) is 1. The van der Waals surface area contributed by atoms with Crippen LogP contribution in [0.3, 0.4) is 0 Å². The van der Waals surface area contributed by atoms with Gasteiger partial charge in [0.25, 0.3) is 5.56 Å². The van der Waals surface area contributed by atoms with Gasteiger partial charge in [-0.2, -0.15) is 0 Å². The molecule has 1 aromatic rings. The van der Waals surface area contributed by atoms with Crippen LogP contribution in [0.15, 0.2) is 21.9 Å². The minimum Gasteiger partial charge on any atom is -0.387 e. The van der Waals surface area contributed by atoms with Crippen LogP contribution in [0.1, 0.15) is 19.1 Å². The van der Waals surface area contributed by atoms with Gasteiger partial charge in [0.05, 0.1) is 0 Å². The molecule has 0 saturated carbocycles. The number of aliphatic hydroxyl groups excluding tert-OH is 1. The minimum absolute atomic E-state index is 0.0869. The molecule has 0 aliphatic carbocycles. The third-order valence-electron chi connectivity index (χ3n) is 4.23. The second-order valence-electron chi connectivity index (χ2n) is 5.74. The second kappa shape index (κ2) is 6.54. The molecule has 128 valence electrons. The van der Waals surface area contributed by atoms with Crippen molar-refractivity contribution < 1.29 is 19.3 Å². The fraction of sp³-hybridized carbons (Fsp3) is 0.714. The first-order valence-corrected chi connectivity index (χ1v) is 7.61. The third-order valence-corrected chi connectivity index (χ3v) is 4.23. The number of hydrogen-bond donors (Lipinski definition) is 2. The molecule has 0 radical (unpaired) electrons. The molecule has 2 aliphatic rings. The fourth-order valence-corrected chi connectivity index (χ4v) is 2.90. The maximum absolute atomic E-state index is 12.3. The molecule has 0 spiro atoms. The maximum atomic E-state index is 12.3. The van der Waals surface area contributed by atoms with Gasteiger partial charge in [0.2, 0.25) is 0 Å². The van der Waals surface area contributed by atoms with E-state index >= 15 is 0 Å². The van der Waals surface area contributed by atoms with Gasteiger partial charge < -0.3 is 25.1 Å². The lowest BCUT2D eigenvalue weighted by Crippen LogP contribution is -2.43. The van der Waals surface area contributed by atoms with Crippen LogP contribution in [-0.4, -0.2) is 52.0 Å². The van der Waals surface area contributed by atoms with Crippen molar-refractivity contribution in [2.24, 2.45) is 12.8 Å². The molecule has 1 aromatic heterocycles. The van der Waals surface area contributed by atoms with Crippen molar-refractivity contribution in [2.75, 3.05) is 13.2 Å². The SMILES string of the molecule is Cn1c(=O)ccn(C2OC(CN)C(O)C2OC2CCCO2)c1=O. The van der Waals surface area contributed by atoms with Crippen LogP contribution in [0.5, 0.6) is 0 Å². The van der Waals surface area contributed by atoms with Crippen LogP contribution in [0, 0.1) is 0 Å². The van der Waals surface area contributed by atoms with Crippen molar-refractivity contribution in [1.82, 2.24) is 9.13 Å². The number of hydrogen-bond acceptors (Lipinski definition) is 7. The van der Waals surface area contributed by atoms with Gasteiger partial charge in [-0.3, -0.25) is 13.9 Å². The van der Waals surface area contributed by atoms with Crippen molar-refractivity contribution >= 4 is 0 Å². The van der Waals surface area contributed by atoms with Gasteiger partial charge in [-0.1, -0.05) is 0 Å². The van der Waals surface area contributed by atoms with Crippen LogP contribution in [0.25, 0.3) is 0 Å². The molecule has 0 bridgehead atoms. The first kappa shape index (κ1) is 16.3. The fourth-order valence-electron chi connectivity index (χ4n) is 2.90. The molecule has 9 nitrogen and oxygen atoms in total. The average Bonchev–Trinajstić information content (AvgIpc) is 3.15. The largest absolute Gasteiger partial charge is 0.387 e. The van der Waals surface area contributed by atoms with Gasteiger partial charge >= 0.3 is 5.69 Å². The van der Waals surface area contributed by atoms with E-state index in [0.717, 1.165) is 11.0 Å². The zero-order chi connectivity index (χ0) is 16.6. The maximum Gasteiger partial charge on any atom is 0.332 e. The first-order valence-electron chi connectivity index (χ1n) is 7.61. The molecule has 3 N–H and O–H groups in total. The molecule has 5 unspecified atom stereocenters. The Labute approximate surface area is 132 Å². The zero-order valence-electron chi connectivity index (χ0n) is 12.8. The average molecular weight is 327 g/mol. The lowest BCUT2D eigenvalue weighted by atomic mass is 10.1. The Kier molecular flexibility index (Phi) is 4.64. The van der Waals surface area contributed by atoms with Gasteiger partial charge in [0.1, 0.15) is 18.3 Å². The Balaban J connectivity index is 1.92. The van der Waals surface area contributed by atoms with Gasteiger partial charge in [-0.25, -0.2) is 4.79 Å². The summed E-state index contributed by atoms with van der Waals surface area (Å²) in [6, 6.07) is 1.26. The van der Waals surface area contributed by atoms with E-state index in [1.807, 2.05) is 0 Å². The van der Waals surface area contributed by atoms with Gasteiger partial charge in [-0.05, 0) is 6.42 Å². The van der Waals surface area contributed by atoms with E-state index in [1.54, 1.807) is 0 Å². The molecular weight excluding hydrogens is 306 g/mol. The van der Waals surface area contributed by atoms with E-state index in [2.05, 4.69) is 0 Å². The van der Waals surface area contributed by atoms with E-state index < -0.39 is 42.1 Å². The van der Waals surface area contributed by atoms with E-state index in [9.17, 15) is 14.7 Å². The molecule has 2 saturated heterocycles. The smallest absolute Gasteiger partial charge is 0.332 e. The lowest BCUT2D eigenvalue weighted by Gasteiger charge is -2.25. The van der Waals surface area contributed by atoms with E-state index in [1.165, 1.54) is 23.9 Å². The normalized spacial score (nSPS) is 34.1. The molecule has 9 heteroatoms. The summed E-state index contributed by atoms with van der Waals surface area (Å²) in [5, 5.41) is 10.4. The molecule has 2 aliphatic heterocycles. The van der Waals surface area contributed by atoms with Crippen molar-refractivity contribution in [1.29, 1.82) is 0 Å². The first-order chi connectivity index (χ1) is 11.0. The standard InChI is InChI=1S/C14H21N3O6/c1-16-9(18)4-5-17(14(16)20)13-12(11(19)8(7-15)22-13)23-10-3-2-6-21-10/h4-5,8,10-13,19H,2-3,6-7,15H2,1H3. The number of rotatable bonds is 4. The highest BCUT2D eigenvalue weighted by molar-refractivity contribution is 4.95. The summed E-state index contributed by atoms with van der Waals surface area (Å²) < 4.78 is 19.1. The van der Waals surface area contributed by atoms with Crippen LogP contribution in [0.4, 0.5) is 0 Å². The highest BCUT2D eigenvalue weighted by Crippen LogP contribution is 2.32. The molecule has 2 fully saturated rings. The monoisotopic (exact) mass is 327 g/mol. The Hall–Kier alpha value is -1.52. The van der Waals surface area contributed by atoms with Crippen LogP contribution < -0.4 is 17.0 Å². The van der Waals surface area contributed by atoms with Crippen LogP contribution in [0.2, 0.25) is 0 Å². The minimum atomic E-state index is -0.988. The third kappa shape index (κ3) is 2.98. The Morgan fingerprint density at radius 2 is 2.26 bits per heavy atom. The van der Waals surface area contributed by atoms with Crippen LogP contribution >= 0.6 is 0 Å². The molecule has 3 rings (SSSR count). The lowest BCUT2D eigenvalue weighted by molar-refractivity contribution is -0.182. The van der Waals surface area contributed by atoms with Gasteiger partial charge in [0.15, 0.2) is 12.5 Å². The van der Waals surface area contributed by atoms with Gasteiger partial charge in [0, 0.05) is 38.9 Å². The second-order valence-corrected chi connectivity index (χ2v) is 5.74. The number of ether oxygens (including phenoxy) is 3. The molecule has 0 amide bonds. The molecule has 0 aromatic carbocycles. The van der Waals surface area contributed by atoms with Crippen molar-refractivity contribution in [3.05, 3.63) is 33.1 Å². The number of aromatic nitrogens is 2. The van der Waals surface area contributed by atoms with Crippen molar-refractivity contribution in [3.63, 3.8) is 0 Å². The Morgan fingerprint density at radius 3 is 2.91 bits per heavy atom. The molecule has 5 atom stereocenters. The van der Waals surface area contributed by atoms with Crippen molar-refractivity contribution in [2.45, 2.75) is 43.7 Å². The summed E-state index contributed by atoms with van der Waals surface area (Å²) in [6.45, 7) is 0.683. The Morgan fingerprint density at radius 1 is 1.48 bits per heavy atom.